The van der Waals surface area contributed by atoms with Gasteiger partial charge in [-0.05, 0) is 64.7 Å². The van der Waals surface area contributed by atoms with Crippen molar-refractivity contribution in [1.29, 1.82) is 0 Å². The molecule has 41 heavy (non-hydrogen) atoms. The Balaban J connectivity index is 1.59. The van der Waals surface area contributed by atoms with Crippen molar-refractivity contribution in [3.8, 4) is 11.5 Å². The summed E-state index contributed by atoms with van der Waals surface area (Å²) in [5.74, 6) is -5.61. The molecule has 0 bridgehead atoms. The standard InChI is InChI=1S/C30H39N3O8/c1-32(2)23-18-10-15-9-17-21(19(34)11-16(26(17)41-4)13-33(3)12-14-7-5-6-8-14)24(35)20(15)27(37)30(18,40)28(38)22(25(23)36)29(31)39/h11,14-15,18,23,34,36-37,40H,5-10,12-13H2,1-4H3,(H2,31,39)/t15-,18-,23-,30-/m0/s1. The van der Waals surface area contributed by atoms with Gasteiger partial charge in [-0.15, -0.1) is 0 Å². The van der Waals surface area contributed by atoms with Crippen molar-refractivity contribution in [2.45, 2.75) is 56.7 Å². The number of fused-ring (bicyclic) bond motifs is 3. The fourth-order valence-corrected chi connectivity index (χ4v) is 7.72. The van der Waals surface area contributed by atoms with E-state index in [-0.39, 0.29) is 29.7 Å². The van der Waals surface area contributed by atoms with Crippen LogP contribution in [0.1, 0.15) is 53.6 Å². The van der Waals surface area contributed by atoms with E-state index in [0.717, 1.165) is 12.1 Å². The number of aromatic hydroxyl groups is 1. The molecule has 11 heteroatoms. The summed E-state index contributed by atoms with van der Waals surface area (Å²) in [6.45, 7) is 1.41. The molecule has 1 fully saturated rings. The molecule has 0 aromatic heterocycles. The summed E-state index contributed by atoms with van der Waals surface area (Å²) in [6, 6.07) is 0.463. The second-order valence-corrected chi connectivity index (χ2v) is 12.3. The van der Waals surface area contributed by atoms with Gasteiger partial charge in [0.2, 0.25) is 5.78 Å². The Morgan fingerprint density at radius 2 is 1.80 bits per heavy atom. The number of phenolic OH excluding ortho intramolecular Hbond substituents is 1. The Morgan fingerprint density at radius 1 is 1.15 bits per heavy atom. The second kappa shape index (κ2) is 10.5. The Hall–Kier alpha value is -3.41. The predicted octanol–water partition coefficient (Wildman–Crippen LogP) is 1.75. The maximum Gasteiger partial charge on any atom is 0.255 e. The first-order valence-electron chi connectivity index (χ1n) is 14.1. The smallest absolute Gasteiger partial charge is 0.255 e. The SMILES string of the molecule is COc1c(CN(C)CC2CCCC2)cc(O)c2c1C[C@H]1C[C@H]3[C@H](N(C)C)C(O)=C(C(N)=O)C(=O)[C@@]3(O)C(O)=C1C2=O. The van der Waals surface area contributed by atoms with Crippen LogP contribution in [0.4, 0.5) is 0 Å². The van der Waals surface area contributed by atoms with Crippen molar-refractivity contribution in [3.63, 3.8) is 0 Å². The monoisotopic (exact) mass is 569 g/mol. The van der Waals surface area contributed by atoms with Gasteiger partial charge >= 0.3 is 0 Å². The van der Waals surface area contributed by atoms with Crippen LogP contribution in [0.5, 0.6) is 11.5 Å². The number of aliphatic hydroxyl groups excluding tert-OH is 2. The van der Waals surface area contributed by atoms with E-state index in [4.69, 9.17) is 10.5 Å². The van der Waals surface area contributed by atoms with Crippen molar-refractivity contribution in [2.75, 3.05) is 34.8 Å². The number of hydrogen-bond acceptors (Lipinski definition) is 10. The molecule has 0 unspecified atom stereocenters. The van der Waals surface area contributed by atoms with E-state index in [1.165, 1.54) is 43.8 Å². The molecule has 6 N–H and O–H groups in total. The minimum atomic E-state index is -2.66. The van der Waals surface area contributed by atoms with Gasteiger partial charge in [-0.1, -0.05) is 12.8 Å². The van der Waals surface area contributed by atoms with Crippen molar-refractivity contribution in [2.24, 2.45) is 23.5 Å². The molecule has 11 nitrogen and oxygen atoms in total. The van der Waals surface area contributed by atoms with E-state index < -0.39 is 58.0 Å². The molecular formula is C30H39N3O8. The first-order valence-corrected chi connectivity index (χ1v) is 14.1. The molecule has 1 amide bonds. The molecule has 1 aromatic rings. The minimum Gasteiger partial charge on any atom is -0.510 e. The van der Waals surface area contributed by atoms with Gasteiger partial charge in [-0.2, -0.15) is 0 Å². The largest absolute Gasteiger partial charge is 0.510 e. The molecule has 5 rings (SSSR count). The van der Waals surface area contributed by atoms with Crippen LogP contribution in [0.3, 0.4) is 0 Å². The van der Waals surface area contributed by atoms with Gasteiger partial charge in [0.05, 0.1) is 18.7 Å². The summed E-state index contributed by atoms with van der Waals surface area (Å²) in [6.07, 6.45) is 5.08. The van der Waals surface area contributed by atoms with Gasteiger partial charge in [-0.3, -0.25) is 19.3 Å². The highest BCUT2D eigenvalue weighted by Gasteiger charge is 2.63. The third-order valence-electron chi connectivity index (χ3n) is 9.44. The van der Waals surface area contributed by atoms with E-state index in [2.05, 4.69) is 4.90 Å². The molecule has 4 aliphatic carbocycles. The summed E-state index contributed by atoms with van der Waals surface area (Å²) >= 11 is 0. The molecule has 222 valence electrons. The van der Waals surface area contributed by atoms with Crippen LogP contribution >= 0.6 is 0 Å². The lowest BCUT2D eigenvalue weighted by Gasteiger charge is -2.50. The zero-order chi connectivity index (χ0) is 30.0. The number of rotatable bonds is 7. The third-order valence-corrected chi connectivity index (χ3v) is 9.44. The Bertz CT molecular complexity index is 1380. The number of aliphatic hydroxyl groups is 3. The molecule has 4 atom stereocenters. The molecule has 1 saturated carbocycles. The normalized spacial score (nSPS) is 28.3. The van der Waals surface area contributed by atoms with Crippen LogP contribution in [-0.4, -0.2) is 94.1 Å². The lowest BCUT2D eigenvalue weighted by molar-refractivity contribution is -0.148. The molecular weight excluding hydrogens is 530 g/mol. The topological polar surface area (TPSA) is 174 Å². The number of allylic oxidation sites excluding steroid dienone is 1. The molecule has 0 saturated heterocycles. The number of ketones is 2. The zero-order valence-corrected chi connectivity index (χ0v) is 23.9. The number of hydrogen-bond donors (Lipinski definition) is 5. The molecule has 0 heterocycles. The summed E-state index contributed by atoms with van der Waals surface area (Å²) in [7, 11) is 6.73. The Kier molecular flexibility index (Phi) is 7.42. The number of likely N-dealkylation sites (N-methyl/N-ethyl adjacent to an activating group) is 1. The van der Waals surface area contributed by atoms with Crippen LogP contribution in [0.2, 0.25) is 0 Å². The number of Topliss-reactive ketones (excluding diaryl/α,β-unsaturated/α-hetero) is 2. The number of carbonyl (C=O) groups excluding carboxylic acids is 3. The van der Waals surface area contributed by atoms with E-state index in [0.29, 0.717) is 23.8 Å². The fraction of sp³-hybridized carbons (Fsp3) is 0.567. The van der Waals surface area contributed by atoms with E-state index in [9.17, 15) is 34.8 Å². The summed E-state index contributed by atoms with van der Waals surface area (Å²) < 4.78 is 5.81. The quantitative estimate of drug-likeness (QED) is 0.304. The van der Waals surface area contributed by atoms with Gasteiger partial charge in [0.15, 0.2) is 11.4 Å². The van der Waals surface area contributed by atoms with Gasteiger partial charge in [0.1, 0.15) is 28.6 Å². The number of amides is 1. The van der Waals surface area contributed by atoms with Crippen molar-refractivity contribution < 1.29 is 39.5 Å². The van der Waals surface area contributed by atoms with Crippen molar-refractivity contribution >= 4 is 17.5 Å². The summed E-state index contributed by atoms with van der Waals surface area (Å²) in [4.78, 5) is 43.2. The fourth-order valence-electron chi connectivity index (χ4n) is 7.72. The Morgan fingerprint density at radius 3 is 2.39 bits per heavy atom. The number of ether oxygens (including phenoxy) is 1. The van der Waals surface area contributed by atoms with Crippen LogP contribution in [0.25, 0.3) is 0 Å². The predicted molar refractivity (Wildman–Crippen MR) is 149 cm³/mol. The zero-order valence-electron chi connectivity index (χ0n) is 23.9. The maximum atomic E-state index is 13.9. The van der Waals surface area contributed by atoms with Gasteiger partial charge in [-0.25, -0.2) is 0 Å². The lowest BCUT2D eigenvalue weighted by atomic mass is 9.58. The van der Waals surface area contributed by atoms with Crippen LogP contribution in [-0.2, 0) is 22.6 Å². The highest BCUT2D eigenvalue weighted by molar-refractivity contribution is 6.24. The van der Waals surface area contributed by atoms with Gasteiger partial charge < -0.3 is 35.8 Å². The van der Waals surface area contributed by atoms with Crippen molar-refractivity contribution in [1.82, 2.24) is 9.80 Å². The first-order chi connectivity index (χ1) is 19.3. The number of nitrogens with two attached hydrogens (primary N) is 1. The highest BCUT2D eigenvalue weighted by atomic mass is 16.5. The average molecular weight is 570 g/mol. The number of carbonyl (C=O) groups is 3. The second-order valence-electron chi connectivity index (χ2n) is 12.3. The molecule has 0 aliphatic heterocycles. The first kappa shape index (κ1) is 29.1. The van der Waals surface area contributed by atoms with E-state index >= 15 is 0 Å². The lowest BCUT2D eigenvalue weighted by Crippen LogP contribution is -2.63. The van der Waals surface area contributed by atoms with Crippen LogP contribution in [0.15, 0.2) is 28.7 Å². The summed E-state index contributed by atoms with van der Waals surface area (Å²) in [5.41, 5.74) is 2.88. The summed E-state index contributed by atoms with van der Waals surface area (Å²) in [5, 5.41) is 45.2. The number of phenols is 1. The average Bonchev–Trinajstić information content (AvgIpc) is 3.38. The number of benzene rings is 1. The number of methoxy groups -OCH3 is 1. The van der Waals surface area contributed by atoms with Crippen LogP contribution < -0.4 is 10.5 Å². The maximum absolute atomic E-state index is 13.9. The molecule has 1 aromatic carbocycles. The molecule has 4 aliphatic rings. The highest BCUT2D eigenvalue weighted by Crippen LogP contribution is 2.53. The van der Waals surface area contributed by atoms with Gasteiger partial charge in [0, 0.05) is 35.7 Å². The number of nitrogens with zero attached hydrogens (tertiary/aromatic N) is 2. The number of primary amides is 1. The Labute approximate surface area is 238 Å². The molecule has 0 spiro atoms. The van der Waals surface area contributed by atoms with E-state index in [1.54, 1.807) is 14.1 Å². The van der Waals surface area contributed by atoms with E-state index in [1.807, 2.05) is 7.05 Å². The van der Waals surface area contributed by atoms with Crippen LogP contribution in [0, 0.1) is 17.8 Å². The van der Waals surface area contributed by atoms with Crippen molar-refractivity contribution in [3.05, 3.63) is 45.4 Å². The third kappa shape index (κ3) is 4.41. The van der Waals surface area contributed by atoms with Gasteiger partial charge in [0.25, 0.3) is 5.91 Å². The minimum absolute atomic E-state index is 0.0293. The molecule has 0 radical (unpaired) electrons.